The van der Waals surface area contributed by atoms with Crippen molar-refractivity contribution in [3.05, 3.63) is 17.5 Å². The van der Waals surface area contributed by atoms with E-state index in [-0.39, 0.29) is 11.7 Å². The van der Waals surface area contributed by atoms with E-state index in [0.29, 0.717) is 11.6 Å². The maximum atomic E-state index is 11.5. The van der Waals surface area contributed by atoms with Crippen molar-refractivity contribution in [2.75, 3.05) is 0 Å². The first-order valence-electron chi connectivity index (χ1n) is 4.69. The number of ketones is 1. The predicted octanol–water partition coefficient (Wildman–Crippen LogP) is 2.39. The maximum absolute atomic E-state index is 11.5. The quantitative estimate of drug-likeness (QED) is 0.669. The zero-order chi connectivity index (χ0) is 9.42. The summed E-state index contributed by atoms with van der Waals surface area (Å²) in [6, 6.07) is 1.79. The van der Waals surface area contributed by atoms with Gasteiger partial charge >= 0.3 is 0 Å². The molecular weight excluding hydrogens is 166 g/mol. The Hall–Kier alpha value is -1.12. The Kier molecular flexibility index (Phi) is 1.94. The van der Waals surface area contributed by atoms with Crippen LogP contribution in [0.15, 0.2) is 10.6 Å². The zero-order valence-electron chi connectivity index (χ0n) is 7.91. The van der Waals surface area contributed by atoms with Crippen molar-refractivity contribution >= 4 is 5.78 Å². The summed E-state index contributed by atoms with van der Waals surface area (Å²) < 4.78 is 5.09. The van der Waals surface area contributed by atoms with Crippen LogP contribution in [0.2, 0.25) is 0 Å². The smallest absolute Gasteiger partial charge is 0.187 e. The first-order chi connectivity index (χ1) is 6.18. The lowest BCUT2D eigenvalue weighted by Crippen LogP contribution is -2.07. The molecule has 0 atom stereocenters. The summed E-state index contributed by atoms with van der Waals surface area (Å²) in [5.41, 5.74) is 0.483. The van der Waals surface area contributed by atoms with Crippen LogP contribution in [0.1, 0.15) is 48.9 Å². The Bertz CT molecular complexity index is 323. The zero-order valence-corrected chi connectivity index (χ0v) is 7.91. The Morgan fingerprint density at radius 1 is 1.62 bits per heavy atom. The minimum atomic E-state index is -0.00264. The molecular formula is C10H13NO2. The van der Waals surface area contributed by atoms with Crippen LogP contribution in [0.5, 0.6) is 0 Å². The molecule has 2 rings (SSSR count). The molecule has 1 aliphatic carbocycles. The predicted molar refractivity (Wildman–Crippen MR) is 47.6 cm³/mol. The van der Waals surface area contributed by atoms with Gasteiger partial charge in [-0.2, -0.15) is 0 Å². The number of hydrogen-bond donors (Lipinski definition) is 0. The number of Topliss-reactive ketones (excluding diaryl/α,β-unsaturated/α-hetero) is 1. The molecule has 70 valence electrons. The highest BCUT2D eigenvalue weighted by Crippen LogP contribution is 2.40. The molecule has 0 unspecified atom stereocenters. The fourth-order valence-electron chi connectivity index (χ4n) is 1.26. The molecule has 1 heterocycles. The third kappa shape index (κ3) is 1.64. The van der Waals surface area contributed by atoms with Crippen molar-refractivity contribution in [2.24, 2.45) is 5.92 Å². The lowest BCUT2D eigenvalue weighted by atomic mass is 10.1. The highest BCUT2D eigenvalue weighted by molar-refractivity contribution is 5.95. The van der Waals surface area contributed by atoms with Gasteiger partial charge in [-0.05, 0) is 12.8 Å². The third-order valence-electron chi connectivity index (χ3n) is 2.28. The minimum Gasteiger partial charge on any atom is -0.360 e. The molecule has 0 saturated heterocycles. The summed E-state index contributed by atoms with van der Waals surface area (Å²) in [5.74, 6) is 1.47. The number of carbonyl (C=O) groups excluding carboxylic acids is 1. The molecule has 1 aromatic rings. The van der Waals surface area contributed by atoms with Crippen molar-refractivity contribution in [2.45, 2.75) is 32.6 Å². The molecule has 0 aliphatic heterocycles. The molecule has 0 amide bonds. The summed E-state index contributed by atoms with van der Waals surface area (Å²) >= 11 is 0. The van der Waals surface area contributed by atoms with E-state index < -0.39 is 0 Å². The normalized spacial score (nSPS) is 16.5. The number of aromatic nitrogens is 1. The molecule has 0 N–H and O–H groups in total. The average molecular weight is 179 g/mol. The molecule has 0 bridgehead atoms. The van der Waals surface area contributed by atoms with Crippen LogP contribution >= 0.6 is 0 Å². The van der Waals surface area contributed by atoms with Gasteiger partial charge in [0.15, 0.2) is 5.78 Å². The molecule has 0 radical (unpaired) electrons. The van der Waals surface area contributed by atoms with Crippen LogP contribution in [0.3, 0.4) is 0 Å². The first kappa shape index (κ1) is 8.48. The van der Waals surface area contributed by atoms with Crippen LogP contribution in [0.25, 0.3) is 0 Å². The number of nitrogens with zero attached hydrogens (tertiary/aromatic N) is 1. The molecule has 0 spiro atoms. The van der Waals surface area contributed by atoms with Gasteiger partial charge in [0.2, 0.25) is 0 Å². The Labute approximate surface area is 77.1 Å². The molecule has 13 heavy (non-hydrogen) atoms. The van der Waals surface area contributed by atoms with Crippen molar-refractivity contribution < 1.29 is 9.32 Å². The second-order valence-electron chi connectivity index (χ2n) is 3.91. The van der Waals surface area contributed by atoms with Crippen molar-refractivity contribution in [1.29, 1.82) is 0 Å². The van der Waals surface area contributed by atoms with Crippen LogP contribution in [-0.2, 0) is 0 Å². The monoisotopic (exact) mass is 179 g/mol. The fourth-order valence-corrected chi connectivity index (χ4v) is 1.26. The van der Waals surface area contributed by atoms with E-state index in [0.717, 1.165) is 5.76 Å². The van der Waals surface area contributed by atoms with Gasteiger partial charge in [0.1, 0.15) is 11.5 Å². The SMILES string of the molecule is CC(C)C(=O)c1cc(C2CC2)on1. The van der Waals surface area contributed by atoms with Crippen LogP contribution < -0.4 is 0 Å². The van der Waals surface area contributed by atoms with Gasteiger partial charge < -0.3 is 4.52 Å². The van der Waals surface area contributed by atoms with Crippen LogP contribution in [0.4, 0.5) is 0 Å². The highest BCUT2D eigenvalue weighted by atomic mass is 16.5. The Balaban J connectivity index is 2.16. The fraction of sp³-hybridized carbons (Fsp3) is 0.600. The van der Waals surface area contributed by atoms with E-state index in [2.05, 4.69) is 5.16 Å². The number of hydrogen-bond acceptors (Lipinski definition) is 3. The van der Waals surface area contributed by atoms with Crippen molar-refractivity contribution in [3.8, 4) is 0 Å². The van der Waals surface area contributed by atoms with E-state index in [1.165, 1.54) is 12.8 Å². The summed E-state index contributed by atoms with van der Waals surface area (Å²) in [4.78, 5) is 11.5. The second-order valence-corrected chi connectivity index (χ2v) is 3.91. The van der Waals surface area contributed by atoms with Gasteiger partial charge in [0.05, 0.1) is 0 Å². The number of rotatable bonds is 3. The van der Waals surface area contributed by atoms with Crippen molar-refractivity contribution in [1.82, 2.24) is 5.16 Å². The standard InChI is InChI=1S/C10H13NO2/c1-6(2)10(12)8-5-9(13-11-8)7-3-4-7/h5-7H,3-4H2,1-2H3. The average Bonchev–Trinajstić information content (AvgIpc) is 2.83. The van der Waals surface area contributed by atoms with Crippen molar-refractivity contribution in [3.63, 3.8) is 0 Å². The molecule has 1 aromatic heterocycles. The van der Waals surface area contributed by atoms with E-state index in [9.17, 15) is 4.79 Å². The van der Waals surface area contributed by atoms with E-state index in [4.69, 9.17) is 4.52 Å². The van der Waals surface area contributed by atoms with Gasteiger partial charge in [0.25, 0.3) is 0 Å². The molecule has 1 fully saturated rings. The lowest BCUT2D eigenvalue weighted by molar-refractivity contribution is 0.0930. The summed E-state index contributed by atoms with van der Waals surface area (Å²) in [6.07, 6.45) is 2.34. The summed E-state index contributed by atoms with van der Waals surface area (Å²) in [6.45, 7) is 3.74. The topological polar surface area (TPSA) is 43.1 Å². The van der Waals surface area contributed by atoms with E-state index in [1.54, 1.807) is 6.07 Å². The minimum absolute atomic E-state index is 0.00264. The highest BCUT2D eigenvalue weighted by Gasteiger charge is 2.29. The molecule has 3 heteroatoms. The summed E-state index contributed by atoms with van der Waals surface area (Å²) in [5, 5.41) is 3.77. The molecule has 3 nitrogen and oxygen atoms in total. The number of carbonyl (C=O) groups is 1. The molecule has 0 aromatic carbocycles. The van der Waals surface area contributed by atoms with Gasteiger partial charge in [-0.25, -0.2) is 0 Å². The Morgan fingerprint density at radius 3 is 2.85 bits per heavy atom. The van der Waals surface area contributed by atoms with Crippen LogP contribution in [-0.4, -0.2) is 10.9 Å². The summed E-state index contributed by atoms with van der Waals surface area (Å²) in [7, 11) is 0. The second kappa shape index (κ2) is 2.98. The first-order valence-corrected chi connectivity index (χ1v) is 4.69. The van der Waals surface area contributed by atoms with Gasteiger partial charge in [-0.15, -0.1) is 0 Å². The van der Waals surface area contributed by atoms with E-state index >= 15 is 0 Å². The van der Waals surface area contributed by atoms with Gasteiger partial charge in [-0.1, -0.05) is 19.0 Å². The molecule has 1 aliphatic rings. The third-order valence-corrected chi connectivity index (χ3v) is 2.28. The van der Waals surface area contributed by atoms with Gasteiger partial charge in [0, 0.05) is 17.9 Å². The Morgan fingerprint density at radius 2 is 2.31 bits per heavy atom. The lowest BCUT2D eigenvalue weighted by Gasteiger charge is -1.96. The van der Waals surface area contributed by atoms with E-state index in [1.807, 2.05) is 13.8 Å². The van der Waals surface area contributed by atoms with Crippen LogP contribution in [0, 0.1) is 5.92 Å². The molecule has 1 saturated carbocycles. The maximum Gasteiger partial charge on any atom is 0.187 e. The largest absolute Gasteiger partial charge is 0.360 e. The van der Waals surface area contributed by atoms with Gasteiger partial charge in [-0.3, -0.25) is 4.79 Å².